The van der Waals surface area contributed by atoms with Gasteiger partial charge in [-0.3, -0.25) is 4.79 Å². The smallest absolute Gasteiger partial charge is 0.224 e. The summed E-state index contributed by atoms with van der Waals surface area (Å²) in [6.07, 6.45) is 0.429. The number of benzene rings is 1. The van der Waals surface area contributed by atoms with E-state index < -0.39 is 15.8 Å². The zero-order chi connectivity index (χ0) is 16.5. The molecule has 0 radical (unpaired) electrons. The lowest BCUT2D eigenvalue weighted by molar-refractivity contribution is -0.125. The van der Waals surface area contributed by atoms with Crippen LogP contribution in [0.25, 0.3) is 0 Å². The maximum atomic E-state index is 12.5. The van der Waals surface area contributed by atoms with Crippen LogP contribution in [-0.2, 0) is 14.6 Å². The molecule has 1 fully saturated rings. The molecule has 1 aromatic carbocycles. The minimum absolute atomic E-state index is 0.0243. The van der Waals surface area contributed by atoms with E-state index in [9.17, 15) is 13.2 Å². The Hall–Kier alpha value is -1.36. The molecule has 122 valence electrons. The van der Waals surface area contributed by atoms with Gasteiger partial charge in [-0.15, -0.1) is 0 Å². The van der Waals surface area contributed by atoms with Gasteiger partial charge >= 0.3 is 0 Å². The van der Waals surface area contributed by atoms with Crippen molar-refractivity contribution in [1.82, 2.24) is 5.32 Å². The average molecular weight is 323 g/mol. The zero-order valence-corrected chi connectivity index (χ0v) is 14.5. The lowest BCUT2D eigenvalue weighted by Gasteiger charge is -2.33. The zero-order valence-electron chi connectivity index (χ0n) is 13.7. The van der Waals surface area contributed by atoms with E-state index in [0.717, 1.165) is 11.1 Å². The number of sulfone groups is 1. The van der Waals surface area contributed by atoms with Gasteiger partial charge in [0.1, 0.15) is 0 Å². The van der Waals surface area contributed by atoms with Crippen molar-refractivity contribution >= 4 is 15.7 Å². The Morgan fingerprint density at radius 2 is 1.91 bits per heavy atom. The summed E-state index contributed by atoms with van der Waals surface area (Å²) in [6, 6.07) is 7.86. The molecule has 5 heteroatoms. The summed E-state index contributed by atoms with van der Waals surface area (Å²) in [5, 5.41) is 3.09. The Morgan fingerprint density at radius 1 is 1.27 bits per heavy atom. The third-order valence-corrected chi connectivity index (χ3v) is 6.02. The molecule has 2 atom stereocenters. The summed E-state index contributed by atoms with van der Waals surface area (Å²) in [5.74, 6) is -0.470. The number of amides is 1. The average Bonchev–Trinajstić information content (AvgIpc) is 2.76. The van der Waals surface area contributed by atoms with E-state index in [2.05, 4.69) is 26.1 Å². The van der Waals surface area contributed by atoms with Crippen molar-refractivity contribution in [1.29, 1.82) is 0 Å². The summed E-state index contributed by atoms with van der Waals surface area (Å²) in [6.45, 7) is 8.27. The summed E-state index contributed by atoms with van der Waals surface area (Å²) < 4.78 is 23.1. The highest BCUT2D eigenvalue weighted by molar-refractivity contribution is 7.91. The minimum Gasteiger partial charge on any atom is -0.348 e. The first-order valence-electron chi connectivity index (χ1n) is 7.66. The molecule has 1 aliphatic rings. The number of nitrogens with one attached hydrogen (secondary N) is 1. The first-order chi connectivity index (χ1) is 10.1. The predicted molar refractivity (Wildman–Crippen MR) is 88.3 cm³/mol. The molecule has 2 rings (SSSR count). The molecule has 0 aromatic heterocycles. The van der Waals surface area contributed by atoms with Crippen LogP contribution in [0.15, 0.2) is 24.3 Å². The van der Waals surface area contributed by atoms with Gasteiger partial charge < -0.3 is 5.32 Å². The van der Waals surface area contributed by atoms with Gasteiger partial charge in [0.2, 0.25) is 5.91 Å². The molecule has 1 heterocycles. The molecular formula is C17H25NO3S. The van der Waals surface area contributed by atoms with Gasteiger partial charge in [0.25, 0.3) is 0 Å². The molecule has 0 aliphatic carbocycles. The fourth-order valence-corrected chi connectivity index (χ4v) is 4.67. The Labute approximate surface area is 133 Å². The van der Waals surface area contributed by atoms with Crippen LogP contribution >= 0.6 is 0 Å². The molecule has 4 nitrogen and oxygen atoms in total. The highest BCUT2D eigenvalue weighted by Gasteiger charge is 2.36. The largest absolute Gasteiger partial charge is 0.348 e. The summed E-state index contributed by atoms with van der Waals surface area (Å²) in [4.78, 5) is 12.5. The molecule has 22 heavy (non-hydrogen) atoms. The van der Waals surface area contributed by atoms with Crippen LogP contribution in [0.1, 0.15) is 44.4 Å². The number of carbonyl (C=O) groups excluding carboxylic acids is 1. The molecule has 0 bridgehead atoms. The van der Waals surface area contributed by atoms with E-state index >= 15 is 0 Å². The van der Waals surface area contributed by atoms with Crippen LogP contribution < -0.4 is 5.32 Å². The fourth-order valence-electron chi connectivity index (χ4n) is 2.93. The van der Waals surface area contributed by atoms with Crippen molar-refractivity contribution < 1.29 is 13.2 Å². The van der Waals surface area contributed by atoms with E-state index in [1.807, 2.05) is 31.2 Å². The molecule has 0 unspecified atom stereocenters. The van der Waals surface area contributed by atoms with Gasteiger partial charge in [-0.2, -0.15) is 0 Å². The topological polar surface area (TPSA) is 63.2 Å². The number of aryl methyl sites for hydroxylation is 1. The van der Waals surface area contributed by atoms with Gasteiger partial charge in [0, 0.05) is 0 Å². The standard InChI is InChI=1S/C17H25NO3S/c1-12-7-5-6-8-14(12)15(17(2,3)4)18-16(19)13-9-10-22(20,21)11-13/h5-8,13,15H,9-11H2,1-4H3,(H,18,19)/t13-,15+/m0/s1. The minimum atomic E-state index is -3.05. The summed E-state index contributed by atoms with van der Waals surface area (Å²) in [7, 11) is -3.05. The van der Waals surface area contributed by atoms with E-state index in [4.69, 9.17) is 0 Å². The quantitative estimate of drug-likeness (QED) is 0.930. The molecular weight excluding hydrogens is 298 g/mol. The van der Waals surface area contributed by atoms with E-state index in [0.29, 0.717) is 6.42 Å². The van der Waals surface area contributed by atoms with Crippen molar-refractivity contribution in [3.63, 3.8) is 0 Å². The second-order valence-electron chi connectivity index (χ2n) is 7.26. The number of hydrogen-bond acceptors (Lipinski definition) is 3. The number of hydrogen-bond donors (Lipinski definition) is 1. The molecule has 1 N–H and O–H groups in total. The molecule has 1 aliphatic heterocycles. The van der Waals surface area contributed by atoms with E-state index in [1.165, 1.54) is 0 Å². The highest BCUT2D eigenvalue weighted by Crippen LogP contribution is 2.35. The third kappa shape index (κ3) is 3.88. The lowest BCUT2D eigenvalue weighted by atomic mass is 9.80. The first kappa shape index (κ1) is 17.0. The van der Waals surface area contributed by atoms with Crippen molar-refractivity contribution in [2.75, 3.05) is 11.5 Å². The maximum Gasteiger partial charge on any atom is 0.224 e. The second-order valence-corrected chi connectivity index (χ2v) is 9.49. The predicted octanol–water partition coefficient (Wildman–Crippen LogP) is 2.63. The SMILES string of the molecule is Cc1ccccc1[C@@H](NC(=O)[C@H]1CCS(=O)(=O)C1)C(C)(C)C. The van der Waals surface area contributed by atoms with E-state index in [1.54, 1.807) is 0 Å². The highest BCUT2D eigenvalue weighted by atomic mass is 32.2. The van der Waals surface area contributed by atoms with Gasteiger partial charge in [-0.1, -0.05) is 45.0 Å². The summed E-state index contributed by atoms with van der Waals surface area (Å²) in [5.41, 5.74) is 2.06. The van der Waals surface area contributed by atoms with Crippen molar-refractivity contribution in [2.24, 2.45) is 11.3 Å². The monoisotopic (exact) mass is 323 g/mol. The molecule has 1 aromatic rings. The number of rotatable bonds is 3. The van der Waals surface area contributed by atoms with E-state index in [-0.39, 0.29) is 28.9 Å². The lowest BCUT2D eigenvalue weighted by Crippen LogP contribution is -2.40. The first-order valence-corrected chi connectivity index (χ1v) is 9.48. The Morgan fingerprint density at radius 3 is 2.41 bits per heavy atom. The van der Waals surface area contributed by atoms with Gasteiger partial charge in [0.05, 0.1) is 23.5 Å². The molecule has 0 spiro atoms. The number of carbonyl (C=O) groups is 1. The van der Waals surface area contributed by atoms with Crippen LogP contribution in [0, 0.1) is 18.3 Å². The van der Waals surface area contributed by atoms with Crippen LogP contribution in [-0.4, -0.2) is 25.8 Å². The molecule has 0 saturated carbocycles. The second kappa shape index (κ2) is 6.03. The van der Waals surface area contributed by atoms with Gasteiger partial charge in [-0.05, 0) is 29.9 Å². The van der Waals surface area contributed by atoms with Crippen LogP contribution in [0.2, 0.25) is 0 Å². The fraction of sp³-hybridized carbons (Fsp3) is 0.588. The summed E-state index contributed by atoms with van der Waals surface area (Å²) >= 11 is 0. The Balaban J connectivity index is 2.22. The third-order valence-electron chi connectivity index (χ3n) is 4.26. The van der Waals surface area contributed by atoms with Gasteiger partial charge in [0.15, 0.2) is 9.84 Å². The van der Waals surface area contributed by atoms with Crippen LogP contribution in [0.3, 0.4) is 0 Å². The normalized spacial score (nSPS) is 22.3. The van der Waals surface area contributed by atoms with Crippen LogP contribution in [0.5, 0.6) is 0 Å². The van der Waals surface area contributed by atoms with Gasteiger partial charge in [-0.25, -0.2) is 8.42 Å². The van der Waals surface area contributed by atoms with Crippen molar-refractivity contribution in [3.05, 3.63) is 35.4 Å². The Bertz CT molecular complexity index is 659. The molecule has 1 amide bonds. The van der Waals surface area contributed by atoms with Crippen LogP contribution in [0.4, 0.5) is 0 Å². The maximum absolute atomic E-state index is 12.5. The van der Waals surface area contributed by atoms with Crippen molar-refractivity contribution in [3.8, 4) is 0 Å². The van der Waals surface area contributed by atoms with Crippen molar-refractivity contribution in [2.45, 2.75) is 40.2 Å². The molecule has 1 saturated heterocycles. The Kier molecular flexibility index (Phi) is 4.66.